The Hall–Kier alpha value is -3.49. The fourth-order valence-electron chi connectivity index (χ4n) is 5.61. The molecular weight excluding hydrogens is 499 g/mol. The quantitative estimate of drug-likeness (QED) is 0.390. The molecule has 7 nitrogen and oxygen atoms in total. The van der Waals surface area contributed by atoms with E-state index in [1.807, 2.05) is 53.6 Å². The molecule has 1 aromatic heterocycles. The summed E-state index contributed by atoms with van der Waals surface area (Å²) in [6.07, 6.45) is -0.674. The second-order valence-corrected chi connectivity index (χ2v) is 10.6. The Balaban J connectivity index is 1.75. The number of aliphatic hydroxyl groups is 2. The number of carbonyl (C=O) groups is 2. The Morgan fingerprint density at radius 1 is 1.05 bits per heavy atom. The molecule has 0 bridgehead atoms. The van der Waals surface area contributed by atoms with E-state index in [9.17, 15) is 29.3 Å². The molecule has 0 saturated carbocycles. The number of carbonyl (C=O) groups excluding carboxylic acids is 2. The lowest BCUT2D eigenvalue weighted by Crippen LogP contribution is -2.32. The summed E-state index contributed by atoms with van der Waals surface area (Å²) in [5, 5.41) is 31.4. The molecule has 0 radical (unpaired) electrons. The van der Waals surface area contributed by atoms with Crippen molar-refractivity contribution < 1.29 is 29.3 Å². The first-order valence-electron chi connectivity index (χ1n) is 13.6. The molecule has 1 amide bonds. The number of hydrogen-bond donors (Lipinski definition) is 2. The number of rotatable bonds is 11. The summed E-state index contributed by atoms with van der Waals surface area (Å²) in [6.45, 7) is 5.14. The SMILES string of the molecule is CC(C)n1c(CC[C@@H](O)C[C@@H](O)CC(=O)[O-])c(-c2ccc(F)cc2)c2c1C(=O)N(Cc1ccccc1)CCC2. The Bertz CT molecular complexity index is 1290. The number of carboxylic acids is 1. The molecule has 1 aliphatic rings. The van der Waals surface area contributed by atoms with E-state index < -0.39 is 24.6 Å². The summed E-state index contributed by atoms with van der Waals surface area (Å²) in [5.41, 5.74) is 5.16. The predicted octanol–water partition coefficient (Wildman–Crippen LogP) is 3.65. The van der Waals surface area contributed by atoms with Gasteiger partial charge in [-0.05, 0) is 74.8 Å². The van der Waals surface area contributed by atoms with Crippen molar-refractivity contribution in [3.63, 3.8) is 0 Å². The normalized spacial score (nSPS) is 15.2. The van der Waals surface area contributed by atoms with Crippen LogP contribution >= 0.6 is 0 Å². The number of hydrogen-bond acceptors (Lipinski definition) is 5. The van der Waals surface area contributed by atoms with Gasteiger partial charge in [-0.1, -0.05) is 42.5 Å². The molecule has 0 saturated heterocycles. The van der Waals surface area contributed by atoms with Gasteiger partial charge >= 0.3 is 0 Å². The van der Waals surface area contributed by atoms with Crippen molar-refractivity contribution in [2.75, 3.05) is 6.54 Å². The van der Waals surface area contributed by atoms with E-state index in [1.165, 1.54) is 12.1 Å². The lowest BCUT2D eigenvalue weighted by Gasteiger charge is -2.24. The van der Waals surface area contributed by atoms with Gasteiger partial charge in [-0.25, -0.2) is 4.39 Å². The highest BCUT2D eigenvalue weighted by molar-refractivity contribution is 5.98. The van der Waals surface area contributed by atoms with Crippen LogP contribution in [0.2, 0.25) is 0 Å². The molecule has 1 aliphatic heterocycles. The van der Waals surface area contributed by atoms with Crippen LogP contribution in [-0.4, -0.2) is 50.3 Å². The third-order valence-corrected chi connectivity index (χ3v) is 7.28. The van der Waals surface area contributed by atoms with Crippen LogP contribution in [0, 0.1) is 5.82 Å². The summed E-state index contributed by atoms with van der Waals surface area (Å²) >= 11 is 0. The van der Waals surface area contributed by atoms with Crippen molar-refractivity contribution in [3.05, 3.63) is 82.9 Å². The molecule has 0 spiro atoms. The molecule has 0 unspecified atom stereocenters. The Morgan fingerprint density at radius 2 is 1.74 bits per heavy atom. The summed E-state index contributed by atoms with van der Waals surface area (Å²) in [6, 6.07) is 16.1. The van der Waals surface area contributed by atoms with Gasteiger partial charge in [0, 0.05) is 42.8 Å². The second-order valence-electron chi connectivity index (χ2n) is 10.6. The molecule has 2 N–H and O–H groups in total. The first-order chi connectivity index (χ1) is 18.7. The van der Waals surface area contributed by atoms with Crippen LogP contribution in [0.3, 0.4) is 0 Å². The van der Waals surface area contributed by atoms with E-state index in [4.69, 9.17) is 0 Å². The minimum absolute atomic E-state index is 0.0559. The van der Waals surface area contributed by atoms with Crippen LogP contribution in [0.25, 0.3) is 11.1 Å². The number of benzene rings is 2. The van der Waals surface area contributed by atoms with E-state index in [-0.39, 0.29) is 30.6 Å². The smallest absolute Gasteiger partial charge is 0.271 e. The lowest BCUT2D eigenvalue weighted by molar-refractivity contribution is -0.307. The highest BCUT2D eigenvalue weighted by Gasteiger charge is 2.33. The van der Waals surface area contributed by atoms with Gasteiger partial charge in [0.25, 0.3) is 5.91 Å². The van der Waals surface area contributed by atoms with E-state index in [0.29, 0.717) is 31.6 Å². The highest BCUT2D eigenvalue weighted by atomic mass is 19.1. The zero-order valence-corrected chi connectivity index (χ0v) is 22.5. The molecule has 39 heavy (non-hydrogen) atoms. The van der Waals surface area contributed by atoms with Gasteiger partial charge in [0.2, 0.25) is 0 Å². The highest BCUT2D eigenvalue weighted by Crippen LogP contribution is 2.39. The van der Waals surface area contributed by atoms with E-state index >= 15 is 0 Å². The van der Waals surface area contributed by atoms with Crippen LogP contribution < -0.4 is 5.11 Å². The van der Waals surface area contributed by atoms with Gasteiger partial charge in [-0.15, -0.1) is 0 Å². The summed E-state index contributed by atoms with van der Waals surface area (Å²) < 4.78 is 15.9. The zero-order chi connectivity index (χ0) is 28.1. The minimum atomic E-state index is -1.37. The number of aromatic nitrogens is 1. The van der Waals surface area contributed by atoms with E-state index in [2.05, 4.69) is 0 Å². The Morgan fingerprint density at radius 3 is 2.38 bits per heavy atom. The van der Waals surface area contributed by atoms with Crippen molar-refractivity contribution in [2.24, 2.45) is 0 Å². The van der Waals surface area contributed by atoms with Gasteiger partial charge in [0.15, 0.2) is 0 Å². The maximum absolute atomic E-state index is 14.1. The van der Waals surface area contributed by atoms with E-state index in [1.54, 1.807) is 12.1 Å². The number of halogens is 1. The third-order valence-electron chi connectivity index (χ3n) is 7.28. The van der Waals surface area contributed by atoms with Crippen LogP contribution in [0.15, 0.2) is 54.6 Å². The molecule has 8 heteroatoms. The van der Waals surface area contributed by atoms with Crippen LogP contribution in [0.5, 0.6) is 0 Å². The maximum atomic E-state index is 14.1. The fourth-order valence-corrected chi connectivity index (χ4v) is 5.61. The van der Waals surface area contributed by atoms with Crippen molar-refractivity contribution in [2.45, 2.75) is 77.2 Å². The van der Waals surface area contributed by atoms with Crippen molar-refractivity contribution >= 4 is 11.9 Å². The molecule has 4 rings (SSSR count). The molecule has 2 aromatic carbocycles. The van der Waals surface area contributed by atoms with Crippen LogP contribution in [0.4, 0.5) is 4.39 Å². The fraction of sp³-hybridized carbons (Fsp3) is 0.419. The predicted molar refractivity (Wildman–Crippen MR) is 144 cm³/mol. The maximum Gasteiger partial charge on any atom is 0.271 e. The standard InChI is InChI=1S/C31H37FN2O5/c1-20(2)34-27(15-14-24(35)17-25(36)18-28(37)38)29(22-10-12-23(32)13-11-22)26-9-6-16-33(31(39)30(26)34)19-21-7-4-3-5-8-21/h3-5,7-8,10-13,20,24-25,35-36H,6,9,14-19H2,1-2H3,(H,37,38)/p-1/t24-,25-/m1/s1. The van der Waals surface area contributed by atoms with Crippen LogP contribution in [0.1, 0.15) is 72.9 Å². The first kappa shape index (κ1) is 28.5. The van der Waals surface area contributed by atoms with Gasteiger partial charge < -0.3 is 29.6 Å². The average molecular weight is 536 g/mol. The Kier molecular flexibility index (Phi) is 9.20. The first-order valence-corrected chi connectivity index (χ1v) is 13.6. The monoisotopic (exact) mass is 535 g/mol. The number of aliphatic carboxylic acids is 1. The third kappa shape index (κ3) is 6.75. The van der Waals surface area contributed by atoms with E-state index in [0.717, 1.165) is 34.4 Å². The van der Waals surface area contributed by atoms with Gasteiger partial charge in [-0.3, -0.25) is 4.79 Å². The van der Waals surface area contributed by atoms with Crippen molar-refractivity contribution in [3.8, 4) is 11.1 Å². The number of amides is 1. The average Bonchev–Trinajstić information content (AvgIpc) is 3.13. The molecule has 0 fully saturated rings. The summed E-state index contributed by atoms with van der Waals surface area (Å²) in [5.74, 6) is -1.78. The topological polar surface area (TPSA) is 106 Å². The molecule has 0 aliphatic carbocycles. The summed E-state index contributed by atoms with van der Waals surface area (Å²) in [4.78, 5) is 26.8. The second kappa shape index (κ2) is 12.6. The Labute approximate surface area is 228 Å². The number of aliphatic hydroxyl groups excluding tert-OH is 2. The number of carboxylic acid groups (broad SMARTS) is 1. The lowest BCUT2D eigenvalue weighted by atomic mass is 9.94. The molecular formula is C31H36FN2O5-. The van der Waals surface area contributed by atoms with Crippen molar-refractivity contribution in [1.29, 1.82) is 0 Å². The minimum Gasteiger partial charge on any atom is -0.550 e. The number of nitrogens with zero attached hydrogens (tertiary/aromatic N) is 2. The molecule has 3 aromatic rings. The molecule has 208 valence electrons. The van der Waals surface area contributed by atoms with Gasteiger partial charge in [0.05, 0.1) is 12.2 Å². The summed E-state index contributed by atoms with van der Waals surface area (Å²) in [7, 11) is 0. The molecule has 2 heterocycles. The largest absolute Gasteiger partial charge is 0.550 e. The molecule has 2 atom stereocenters. The van der Waals surface area contributed by atoms with Crippen LogP contribution in [-0.2, 0) is 24.2 Å². The number of fused-ring (bicyclic) bond motifs is 1. The van der Waals surface area contributed by atoms with Gasteiger partial charge in [0.1, 0.15) is 11.5 Å². The van der Waals surface area contributed by atoms with Gasteiger partial charge in [-0.2, -0.15) is 0 Å². The zero-order valence-electron chi connectivity index (χ0n) is 22.5. The van der Waals surface area contributed by atoms with Crippen molar-refractivity contribution in [1.82, 2.24) is 9.47 Å².